The Bertz CT molecular complexity index is 915. The lowest BCUT2D eigenvalue weighted by Crippen LogP contribution is -2.01. The van der Waals surface area contributed by atoms with E-state index in [4.69, 9.17) is 46.4 Å². The van der Waals surface area contributed by atoms with Gasteiger partial charge in [-0.15, -0.1) is 11.3 Å². The van der Waals surface area contributed by atoms with Crippen LogP contribution in [-0.4, -0.2) is 15.7 Å². The van der Waals surface area contributed by atoms with Crippen LogP contribution in [0.3, 0.4) is 0 Å². The molecule has 0 unspecified atom stereocenters. The minimum absolute atomic E-state index is 0.319. The fourth-order valence-electron chi connectivity index (χ4n) is 1.96. The molecular weight excluding hydrogens is 422 g/mol. The average molecular weight is 432 g/mol. The van der Waals surface area contributed by atoms with Crippen LogP contribution < -0.4 is 5.43 Å². The Kier molecular flexibility index (Phi) is 5.81. The van der Waals surface area contributed by atoms with Crippen LogP contribution >= 0.6 is 57.7 Å². The van der Waals surface area contributed by atoms with Crippen molar-refractivity contribution in [3.05, 3.63) is 61.8 Å². The topological polar surface area (TPSA) is 50.2 Å². The van der Waals surface area contributed by atoms with Crippen LogP contribution in [-0.2, 0) is 0 Å². The Balaban J connectivity index is 1.84. The Morgan fingerprint density at radius 2 is 1.68 bits per heavy atom. The van der Waals surface area contributed by atoms with Gasteiger partial charge >= 0.3 is 0 Å². The van der Waals surface area contributed by atoms with Crippen LogP contribution in [0.1, 0.15) is 12.6 Å². The first kappa shape index (κ1) is 18.4. The highest BCUT2D eigenvalue weighted by atomic mass is 35.5. The third-order valence-electron chi connectivity index (χ3n) is 3.18. The van der Waals surface area contributed by atoms with Gasteiger partial charge in [-0.1, -0.05) is 52.5 Å². The predicted molar refractivity (Wildman–Crippen MR) is 108 cm³/mol. The molecule has 0 saturated heterocycles. The summed E-state index contributed by atoms with van der Waals surface area (Å²) in [4.78, 5) is 8.49. The first-order valence-corrected chi connectivity index (χ1v) is 9.37. The van der Waals surface area contributed by atoms with Crippen LogP contribution in [0.15, 0.2) is 40.8 Å². The zero-order valence-electron chi connectivity index (χ0n) is 12.7. The molecule has 0 aliphatic rings. The fraction of sp³-hybridized carbons (Fsp3) is 0.0625. The Hall–Kier alpha value is -1.37. The first-order valence-electron chi connectivity index (χ1n) is 6.97. The molecule has 3 rings (SSSR count). The van der Waals surface area contributed by atoms with Gasteiger partial charge in [0.05, 0.1) is 27.1 Å². The lowest BCUT2D eigenvalue weighted by atomic mass is 10.3. The van der Waals surface area contributed by atoms with Crippen molar-refractivity contribution < 1.29 is 0 Å². The molecule has 0 amide bonds. The molecule has 9 heteroatoms. The van der Waals surface area contributed by atoms with Gasteiger partial charge in [-0.2, -0.15) is 5.10 Å². The van der Waals surface area contributed by atoms with Gasteiger partial charge in [-0.3, -0.25) is 5.43 Å². The summed E-state index contributed by atoms with van der Waals surface area (Å²) < 4.78 is 0. The number of thiazole rings is 1. The van der Waals surface area contributed by atoms with Crippen LogP contribution in [0.4, 0.5) is 5.69 Å². The zero-order chi connectivity index (χ0) is 18.0. The molecule has 4 nitrogen and oxygen atoms in total. The van der Waals surface area contributed by atoms with Crippen LogP contribution in [0.2, 0.25) is 20.4 Å². The van der Waals surface area contributed by atoms with Gasteiger partial charge in [-0.05, 0) is 31.2 Å². The molecule has 0 saturated carbocycles. The van der Waals surface area contributed by atoms with Crippen LogP contribution in [0, 0.1) is 0 Å². The van der Waals surface area contributed by atoms with Crippen molar-refractivity contribution >= 4 is 69.1 Å². The lowest BCUT2D eigenvalue weighted by Gasteiger charge is -2.06. The van der Waals surface area contributed by atoms with E-state index in [9.17, 15) is 0 Å². The monoisotopic (exact) mass is 430 g/mol. The SMILES string of the molecule is C/C(=N/Nc1c(Cl)cccc1Cl)c1csc(-c2cc(Cl)nc(Cl)c2)n1. The van der Waals surface area contributed by atoms with Crippen molar-refractivity contribution in [3.8, 4) is 10.6 Å². The van der Waals surface area contributed by atoms with Gasteiger partial charge in [0, 0.05) is 10.9 Å². The summed E-state index contributed by atoms with van der Waals surface area (Å²) >= 11 is 25.6. The molecule has 0 atom stereocenters. The minimum Gasteiger partial charge on any atom is -0.275 e. The number of hydrogen-bond donors (Lipinski definition) is 1. The van der Waals surface area contributed by atoms with Crippen molar-refractivity contribution in [2.75, 3.05) is 5.43 Å². The number of benzene rings is 1. The van der Waals surface area contributed by atoms with Gasteiger partial charge in [0.2, 0.25) is 0 Å². The average Bonchev–Trinajstić information content (AvgIpc) is 3.03. The summed E-state index contributed by atoms with van der Waals surface area (Å²) in [6, 6.07) is 8.66. The molecule has 0 aliphatic carbocycles. The number of nitrogens with zero attached hydrogens (tertiary/aromatic N) is 3. The molecule has 3 aromatic rings. The summed E-state index contributed by atoms with van der Waals surface area (Å²) in [5.41, 5.74) is 5.64. The number of hydrogen-bond acceptors (Lipinski definition) is 5. The normalized spacial score (nSPS) is 11.6. The van der Waals surface area contributed by atoms with E-state index in [0.717, 1.165) is 16.3 Å². The van der Waals surface area contributed by atoms with E-state index in [0.29, 0.717) is 31.8 Å². The minimum atomic E-state index is 0.319. The molecule has 128 valence electrons. The molecule has 0 aliphatic heterocycles. The van der Waals surface area contributed by atoms with E-state index in [2.05, 4.69) is 20.5 Å². The van der Waals surface area contributed by atoms with E-state index in [1.165, 1.54) is 11.3 Å². The zero-order valence-corrected chi connectivity index (χ0v) is 16.6. The Labute approximate surface area is 168 Å². The first-order chi connectivity index (χ1) is 11.9. The standard InChI is InChI=1S/C16H10Cl4N4S/c1-8(23-24-15-10(17)3-2-4-11(15)18)12-7-25-16(21-12)9-5-13(19)22-14(20)6-9/h2-7,24H,1H3/b23-8-. The van der Waals surface area contributed by atoms with E-state index in [1.807, 2.05) is 12.3 Å². The number of halogens is 4. The number of anilines is 1. The fourth-order valence-corrected chi connectivity index (χ4v) is 3.76. The van der Waals surface area contributed by atoms with E-state index in [1.54, 1.807) is 30.3 Å². The van der Waals surface area contributed by atoms with Crippen LogP contribution in [0.25, 0.3) is 10.6 Å². The maximum absolute atomic E-state index is 6.11. The van der Waals surface area contributed by atoms with E-state index in [-0.39, 0.29) is 0 Å². The third kappa shape index (κ3) is 4.43. The number of aromatic nitrogens is 2. The van der Waals surface area contributed by atoms with Gasteiger partial charge in [0.15, 0.2) is 0 Å². The number of rotatable bonds is 4. The molecule has 0 bridgehead atoms. The summed E-state index contributed by atoms with van der Waals surface area (Å²) in [6.45, 7) is 1.84. The van der Waals surface area contributed by atoms with E-state index >= 15 is 0 Å². The molecular formula is C16H10Cl4N4S. The Morgan fingerprint density at radius 1 is 1.04 bits per heavy atom. The number of hydrazone groups is 1. The van der Waals surface area contributed by atoms with Crippen molar-refractivity contribution in [1.82, 2.24) is 9.97 Å². The van der Waals surface area contributed by atoms with Gasteiger partial charge in [0.25, 0.3) is 0 Å². The molecule has 2 aromatic heterocycles. The summed E-state index contributed by atoms with van der Waals surface area (Å²) in [5.74, 6) is 0. The van der Waals surface area contributed by atoms with Crippen molar-refractivity contribution in [1.29, 1.82) is 0 Å². The van der Waals surface area contributed by atoms with Gasteiger partial charge < -0.3 is 0 Å². The highest BCUT2D eigenvalue weighted by molar-refractivity contribution is 7.13. The highest BCUT2D eigenvalue weighted by Gasteiger charge is 2.10. The molecule has 1 aromatic carbocycles. The third-order valence-corrected chi connectivity index (χ3v) is 5.09. The van der Waals surface area contributed by atoms with Gasteiger partial charge in [0.1, 0.15) is 15.3 Å². The largest absolute Gasteiger partial charge is 0.275 e. The second-order valence-corrected chi connectivity index (χ2v) is 7.39. The van der Waals surface area contributed by atoms with Crippen molar-refractivity contribution in [2.24, 2.45) is 5.10 Å². The Morgan fingerprint density at radius 3 is 2.32 bits per heavy atom. The second kappa shape index (κ2) is 7.89. The summed E-state index contributed by atoms with van der Waals surface area (Å²) in [6.07, 6.45) is 0. The van der Waals surface area contributed by atoms with Crippen LogP contribution in [0.5, 0.6) is 0 Å². The second-order valence-electron chi connectivity index (χ2n) is 4.94. The number of para-hydroxylation sites is 1. The maximum atomic E-state index is 6.11. The lowest BCUT2D eigenvalue weighted by molar-refractivity contribution is 1.28. The molecule has 0 spiro atoms. The molecule has 25 heavy (non-hydrogen) atoms. The number of nitrogens with one attached hydrogen (secondary N) is 1. The van der Waals surface area contributed by atoms with Crippen molar-refractivity contribution in [2.45, 2.75) is 6.92 Å². The smallest absolute Gasteiger partial charge is 0.131 e. The number of pyridine rings is 1. The molecule has 0 radical (unpaired) electrons. The summed E-state index contributed by atoms with van der Waals surface area (Å²) in [5, 5.41) is 8.59. The highest BCUT2D eigenvalue weighted by Crippen LogP contribution is 2.30. The molecule has 0 fully saturated rings. The summed E-state index contributed by atoms with van der Waals surface area (Å²) in [7, 11) is 0. The van der Waals surface area contributed by atoms with E-state index < -0.39 is 0 Å². The van der Waals surface area contributed by atoms with Crippen molar-refractivity contribution in [3.63, 3.8) is 0 Å². The predicted octanol–water partition coefficient (Wildman–Crippen LogP) is 6.65. The quantitative estimate of drug-likeness (QED) is 0.285. The molecule has 1 N–H and O–H groups in total. The maximum Gasteiger partial charge on any atom is 0.131 e. The van der Waals surface area contributed by atoms with Gasteiger partial charge in [-0.25, -0.2) is 9.97 Å². The molecule has 2 heterocycles.